The fourth-order valence-corrected chi connectivity index (χ4v) is 1.79. The topological polar surface area (TPSA) is 79.4 Å². The van der Waals surface area contributed by atoms with Gasteiger partial charge in [-0.05, 0) is 24.3 Å². The van der Waals surface area contributed by atoms with Gasteiger partial charge in [0.25, 0.3) is 0 Å². The van der Waals surface area contributed by atoms with Crippen LogP contribution in [0.4, 0.5) is 5.82 Å². The Kier molecular flexibility index (Phi) is 3.82. The Hall–Kier alpha value is -2.34. The molecule has 0 atom stereocenters. The van der Waals surface area contributed by atoms with E-state index < -0.39 is 0 Å². The quantitative estimate of drug-likeness (QED) is 0.826. The average Bonchev–Trinajstić information content (AvgIpc) is 2.76. The van der Waals surface area contributed by atoms with Crippen molar-refractivity contribution in [1.82, 2.24) is 9.78 Å². The van der Waals surface area contributed by atoms with Crippen LogP contribution < -0.4 is 10.5 Å². The lowest BCUT2D eigenvalue weighted by atomic mass is 10.1. The SMILES string of the molecule is COCn1nc(-c2ccc(OC)cc2)c(C=O)c1N. The fraction of sp³-hybridized carbons (Fsp3) is 0.231. The summed E-state index contributed by atoms with van der Waals surface area (Å²) >= 11 is 0. The van der Waals surface area contributed by atoms with Gasteiger partial charge in [0.2, 0.25) is 0 Å². The maximum absolute atomic E-state index is 11.2. The van der Waals surface area contributed by atoms with Gasteiger partial charge in [0.15, 0.2) is 6.29 Å². The molecule has 0 saturated carbocycles. The molecule has 0 saturated heterocycles. The van der Waals surface area contributed by atoms with Crippen molar-refractivity contribution >= 4 is 12.1 Å². The van der Waals surface area contributed by atoms with Gasteiger partial charge in [-0.15, -0.1) is 0 Å². The molecule has 1 heterocycles. The molecule has 0 radical (unpaired) electrons. The van der Waals surface area contributed by atoms with E-state index in [-0.39, 0.29) is 6.73 Å². The van der Waals surface area contributed by atoms with Gasteiger partial charge in [-0.3, -0.25) is 4.79 Å². The van der Waals surface area contributed by atoms with Crippen molar-refractivity contribution in [2.75, 3.05) is 20.0 Å². The largest absolute Gasteiger partial charge is 0.497 e. The van der Waals surface area contributed by atoms with Crippen LogP contribution in [0, 0.1) is 0 Å². The molecule has 0 aliphatic rings. The molecule has 6 heteroatoms. The first-order valence-corrected chi connectivity index (χ1v) is 5.66. The third-order valence-electron chi connectivity index (χ3n) is 2.76. The minimum atomic E-state index is 0.197. The first kappa shape index (κ1) is 13.1. The lowest BCUT2D eigenvalue weighted by Gasteiger charge is -2.01. The van der Waals surface area contributed by atoms with Crippen LogP contribution in [0.1, 0.15) is 10.4 Å². The summed E-state index contributed by atoms with van der Waals surface area (Å²) < 4.78 is 11.5. The van der Waals surface area contributed by atoms with E-state index in [1.807, 2.05) is 12.1 Å². The Balaban J connectivity index is 2.47. The van der Waals surface area contributed by atoms with Crippen LogP contribution in [-0.2, 0) is 11.5 Å². The molecule has 0 bridgehead atoms. The summed E-state index contributed by atoms with van der Waals surface area (Å²) in [6, 6.07) is 7.25. The summed E-state index contributed by atoms with van der Waals surface area (Å²) in [5, 5.41) is 4.29. The number of hydrogen-bond acceptors (Lipinski definition) is 5. The molecule has 1 aromatic heterocycles. The Morgan fingerprint density at radius 2 is 2.00 bits per heavy atom. The van der Waals surface area contributed by atoms with E-state index in [0.717, 1.165) is 11.3 Å². The number of nitrogens with zero attached hydrogens (tertiary/aromatic N) is 2. The summed E-state index contributed by atoms with van der Waals surface area (Å²) in [6.07, 6.45) is 0.702. The van der Waals surface area contributed by atoms with E-state index >= 15 is 0 Å². The van der Waals surface area contributed by atoms with Gasteiger partial charge in [0.1, 0.15) is 24.0 Å². The second-order valence-electron chi connectivity index (χ2n) is 3.91. The van der Waals surface area contributed by atoms with Crippen LogP contribution in [0.15, 0.2) is 24.3 Å². The molecule has 19 heavy (non-hydrogen) atoms. The second-order valence-corrected chi connectivity index (χ2v) is 3.91. The number of carbonyl (C=O) groups is 1. The summed E-state index contributed by atoms with van der Waals surface area (Å²) in [5.74, 6) is 1.03. The molecule has 0 aliphatic heterocycles. The molecule has 0 aliphatic carbocycles. The molecule has 0 amide bonds. The molecule has 2 aromatic rings. The first-order valence-electron chi connectivity index (χ1n) is 5.66. The maximum atomic E-state index is 11.2. The van der Waals surface area contributed by atoms with Gasteiger partial charge in [0, 0.05) is 12.7 Å². The van der Waals surface area contributed by atoms with Gasteiger partial charge >= 0.3 is 0 Å². The molecular weight excluding hydrogens is 246 g/mol. The molecule has 100 valence electrons. The van der Waals surface area contributed by atoms with Crippen LogP contribution >= 0.6 is 0 Å². The number of ether oxygens (including phenoxy) is 2. The van der Waals surface area contributed by atoms with E-state index in [9.17, 15) is 4.79 Å². The van der Waals surface area contributed by atoms with Gasteiger partial charge in [-0.25, -0.2) is 4.68 Å². The Labute approximate surface area is 110 Å². The highest BCUT2D eigenvalue weighted by Crippen LogP contribution is 2.27. The monoisotopic (exact) mass is 261 g/mol. The second kappa shape index (κ2) is 5.53. The van der Waals surface area contributed by atoms with Crippen molar-refractivity contribution in [2.45, 2.75) is 6.73 Å². The van der Waals surface area contributed by atoms with E-state index in [2.05, 4.69) is 5.10 Å². The zero-order valence-electron chi connectivity index (χ0n) is 10.8. The summed E-state index contributed by atoms with van der Waals surface area (Å²) in [4.78, 5) is 11.2. The number of hydrogen-bond donors (Lipinski definition) is 1. The molecule has 1 aromatic carbocycles. The lowest BCUT2D eigenvalue weighted by Crippen LogP contribution is -2.06. The highest BCUT2D eigenvalue weighted by atomic mass is 16.5. The normalized spacial score (nSPS) is 10.4. The number of anilines is 1. The van der Waals surface area contributed by atoms with Gasteiger partial charge in [-0.2, -0.15) is 5.10 Å². The van der Waals surface area contributed by atoms with Crippen molar-refractivity contribution < 1.29 is 14.3 Å². The summed E-state index contributed by atoms with van der Waals surface area (Å²) in [5.41, 5.74) is 7.55. The highest BCUT2D eigenvalue weighted by Gasteiger charge is 2.16. The zero-order valence-corrected chi connectivity index (χ0v) is 10.8. The van der Waals surface area contributed by atoms with Crippen LogP contribution in [0.3, 0.4) is 0 Å². The van der Waals surface area contributed by atoms with E-state index in [0.29, 0.717) is 23.4 Å². The van der Waals surface area contributed by atoms with Crippen molar-refractivity contribution in [2.24, 2.45) is 0 Å². The lowest BCUT2D eigenvalue weighted by molar-refractivity contribution is 0.112. The summed E-state index contributed by atoms with van der Waals surface area (Å²) in [6.45, 7) is 0.197. The van der Waals surface area contributed by atoms with Crippen molar-refractivity contribution in [3.8, 4) is 17.0 Å². The number of nitrogens with two attached hydrogens (primary N) is 1. The number of methoxy groups -OCH3 is 2. The number of aromatic nitrogens is 2. The van der Waals surface area contributed by atoms with Gasteiger partial charge < -0.3 is 15.2 Å². The number of nitrogen functional groups attached to an aromatic ring is 1. The van der Waals surface area contributed by atoms with Gasteiger partial charge in [-0.1, -0.05) is 0 Å². The minimum absolute atomic E-state index is 0.197. The molecule has 2 rings (SSSR count). The Morgan fingerprint density at radius 3 is 2.53 bits per heavy atom. The van der Waals surface area contributed by atoms with Crippen LogP contribution in [0.25, 0.3) is 11.3 Å². The Morgan fingerprint density at radius 1 is 1.32 bits per heavy atom. The predicted molar refractivity (Wildman–Crippen MR) is 71.0 cm³/mol. The van der Waals surface area contributed by atoms with Crippen LogP contribution in [0.5, 0.6) is 5.75 Å². The maximum Gasteiger partial charge on any atom is 0.156 e. The first-order chi connectivity index (χ1) is 9.21. The number of benzene rings is 1. The summed E-state index contributed by atoms with van der Waals surface area (Å²) in [7, 11) is 3.13. The number of aldehydes is 1. The van der Waals surface area contributed by atoms with E-state index in [4.69, 9.17) is 15.2 Å². The van der Waals surface area contributed by atoms with Crippen LogP contribution in [0.2, 0.25) is 0 Å². The molecule has 0 unspecified atom stereocenters. The van der Waals surface area contributed by atoms with Crippen molar-refractivity contribution in [3.63, 3.8) is 0 Å². The Bertz CT molecular complexity index is 576. The zero-order chi connectivity index (χ0) is 13.8. The molecule has 2 N–H and O–H groups in total. The van der Waals surface area contributed by atoms with Crippen molar-refractivity contribution in [1.29, 1.82) is 0 Å². The highest BCUT2D eigenvalue weighted by molar-refractivity contribution is 5.91. The number of rotatable bonds is 5. The predicted octanol–water partition coefficient (Wildman–Crippen LogP) is 1.56. The van der Waals surface area contributed by atoms with E-state index in [1.165, 1.54) is 11.8 Å². The number of carbonyl (C=O) groups excluding carboxylic acids is 1. The minimum Gasteiger partial charge on any atom is -0.497 e. The smallest absolute Gasteiger partial charge is 0.156 e. The standard InChI is InChI=1S/C13H15N3O3/c1-18-8-16-13(14)11(7-17)12(15-16)9-3-5-10(19-2)6-4-9/h3-7H,8,14H2,1-2H3. The molecular formula is C13H15N3O3. The average molecular weight is 261 g/mol. The van der Waals surface area contributed by atoms with Crippen LogP contribution in [-0.4, -0.2) is 30.3 Å². The molecule has 0 fully saturated rings. The fourth-order valence-electron chi connectivity index (χ4n) is 1.79. The molecule has 0 spiro atoms. The van der Waals surface area contributed by atoms with Gasteiger partial charge in [0.05, 0.1) is 12.7 Å². The molecule has 6 nitrogen and oxygen atoms in total. The van der Waals surface area contributed by atoms with E-state index in [1.54, 1.807) is 19.2 Å². The third-order valence-corrected chi connectivity index (χ3v) is 2.76. The third kappa shape index (κ3) is 2.43. The van der Waals surface area contributed by atoms with Crippen molar-refractivity contribution in [3.05, 3.63) is 29.8 Å².